The molecule has 0 radical (unpaired) electrons. The molecule has 2 aliphatic carbocycles. The predicted molar refractivity (Wildman–Crippen MR) is 78.5 cm³/mol. The molecule has 2 aliphatic rings. The number of ether oxygens (including phenoxy) is 2. The topological polar surface area (TPSA) is 38.7 Å². The lowest BCUT2D eigenvalue weighted by Gasteiger charge is -2.41. The van der Waals surface area contributed by atoms with Crippen LogP contribution in [0.4, 0.5) is 0 Å². The molecule has 0 atom stereocenters. The van der Waals surface area contributed by atoms with E-state index in [4.69, 9.17) is 9.47 Å². The van der Waals surface area contributed by atoms with E-state index in [1.54, 1.807) is 7.11 Å². The lowest BCUT2D eigenvalue weighted by molar-refractivity contribution is 0.119. The summed E-state index contributed by atoms with van der Waals surface area (Å²) in [4.78, 5) is 0. The SMILES string of the molecule is COc1ccc(C2(CO)CCC2)cc1OC1CCCC1. The van der Waals surface area contributed by atoms with Gasteiger partial charge in [-0.3, -0.25) is 0 Å². The van der Waals surface area contributed by atoms with E-state index >= 15 is 0 Å². The first-order valence-corrected chi connectivity index (χ1v) is 7.73. The van der Waals surface area contributed by atoms with Gasteiger partial charge in [0.15, 0.2) is 11.5 Å². The minimum Gasteiger partial charge on any atom is -0.493 e. The molecule has 2 saturated carbocycles. The number of hydrogen-bond acceptors (Lipinski definition) is 3. The smallest absolute Gasteiger partial charge is 0.161 e. The fourth-order valence-electron chi connectivity index (χ4n) is 3.43. The molecule has 3 rings (SSSR count). The van der Waals surface area contributed by atoms with Crippen molar-refractivity contribution in [1.82, 2.24) is 0 Å². The van der Waals surface area contributed by atoms with Crippen molar-refractivity contribution >= 4 is 0 Å². The molecule has 3 heteroatoms. The second-order valence-electron chi connectivity index (χ2n) is 6.18. The molecule has 0 unspecified atom stereocenters. The van der Waals surface area contributed by atoms with Crippen molar-refractivity contribution in [3.8, 4) is 11.5 Å². The van der Waals surface area contributed by atoms with Crippen LogP contribution in [0.2, 0.25) is 0 Å². The maximum atomic E-state index is 9.72. The summed E-state index contributed by atoms with van der Waals surface area (Å²) >= 11 is 0. The molecular formula is C17H24O3. The normalized spacial score (nSPS) is 21.5. The van der Waals surface area contributed by atoms with Gasteiger partial charge in [-0.15, -0.1) is 0 Å². The van der Waals surface area contributed by atoms with Crippen molar-refractivity contribution in [1.29, 1.82) is 0 Å². The molecule has 1 aromatic carbocycles. The van der Waals surface area contributed by atoms with Crippen molar-refractivity contribution in [3.63, 3.8) is 0 Å². The largest absolute Gasteiger partial charge is 0.493 e. The first-order chi connectivity index (χ1) is 9.77. The van der Waals surface area contributed by atoms with Crippen molar-refractivity contribution in [3.05, 3.63) is 23.8 Å². The van der Waals surface area contributed by atoms with Crippen LogP contribution in [0.1, 0.15) is 50.5 Å². The van der Waals surface area contributed by atoms with Crippen LogP contribution >= 0.6 is 0 Å². The van der Waals surface area contributed by atoms with E-state index in [-0.39, 0.29) is 12.0 Å². The van der Waals surface area contributed by atoms with Crippen molar-refractivity contribution in [2.45, 2.75) is 56.5 Å². The highest BCUT2D eigenvalue weighted by atomic mass is 16.5. The second kappa shape index (κ2) is 5.65. The van der Waals surface area contributed by atoms with Gasteiger partial charge in [0, 0.05) is 5.41 Å². The van der Waals surface area contributed by atoms with E-state index < -0.39 is 0 Å². The summed E-state index contributed by atoms with van der Waals surface area (Å²) in [5.41, 5.74) is 1.15. The van der Waals surface area contributed by atoms with E-state index in [2.05, 4.69) is 12.1 Å². The Morgan fingerprint density at radius 3 is 2.45 bits per heavy atom. The third-order valence-electron chi connectivity index (χ3n) is 4.99. The van der Waals surface area contributed by atoms with Gasteiger partial charge in [-0.05, 0) is 56.2 Å². The fraction of sp³-hybridized carbons (Fsp3) is 0.647. The summed E-state index contributed by atoms with van der Waals surface area (Å²) in [6, 6.07) is 6.15. The number of aliphatic hydroxyl groups excluding tert-OH is 1. The van der Waals surface area contributed by atoms with Crippen LogP contribution in [0.3, 0.4) is 0 Å². The molecule has 1 aromatic rings. The Bertz CT molecular complexity index is 454. The molecule has 3 nitrogen and oxygen atoms in total. The van der Waals surface area contributed by atoms with Gasteiger partial charge >= 0.3 is 0 Å². The molecular weight excluding hydrogens is 252 g/mol. The lowest BCUT2D eigenvalue weighted by atomic mass is 9.65. The minimum atomic E-state index is -0.0416. The van der Waals surface area contributed by atoms with E-state index in [1.807, 2.05) is 6.07 Å². The summed E-state index contributed by atoms with van der Waals surface area (Å²) < 4.78 is 11.6. The second-order valence-corrected chi connectivity index (χ2v) is 6.18. The molecule has 110 valence electrons. The van der Waals surface area contributed by atoms with Crippen molar-refractivity contribution < 1.29 is 14.6 Å². The Labute approximate surface area is 120 Å². The Balaban J connectivity index is 1.86. The Hall–Kier alpha value is -1.22. The van der Waals surface area contributed by atoms with Gasteiger partial charge in [-0.2, -0.15) is 0 Å². The summed E-state index contributed by atoms with van der Waals surface area (Å²) in [6.45, 7) is 0.224. The number of rotatable bonds is 5. The Kier molecular flexibility index (Phi) is 3.88. The third-order valence-corrected chi connectivity index (χ3v) is 4.99. The summed E-state index contributed by atoms with van der Waals surface area (Å²) in [5, 5.41) is 9.72. The average Bonchev–Trinajstić information content (AvgIpc) is 2.91. The lowest BCUT2D eigenvalue weighted by Crippen LogP contribution is -2.37. The zero-order valence-corrected chi connectivity index (χ0v) is 12.2. The highest BCUT2D eigenvalue weighted by Gasteiger charge is 2.38. The molecule has 20 heavy (non-hydrogen) atoms. The molecule has 0 aromatic heterocycles. The zero-order valence-electron chi connectivity index (χ0n) is 12.2. The summed E-state index contributed by atoms with van der Waals surface area (Å²) in [6.07, 6.45) is 8.45. The monoisotopic (exact) mass is 276 g/mol. The quantitative estimate of drug-likeness (QED) is 0.895. The fourth-order valence-corrected chi connectivity index (χ4v) is 3.43. The highest BCUT2D eigenvalue weighted by Crippen LogP contribution is 2.45. The Morgan fingerprint density at radius 1 is 1.15 bits per heavy atom. The van der Waals surface area contributed by atoms with Gasteiger partial charge < -0.3 is 14.6 Å². The average molecular weight is 276 g/mol. The predicted octanol–water partition coefficient (Wildman–Crippen LogP) is 3.43. The molecule has 0 aliphatic heterocycles. The van der Waals surface area contributed by atoms with Crippen LogP contribution in [-0.2, 0) is 5.41 Å². The molecule has 1 N–H and O–H groups in total. The van der Waals surface area contributed by atoms with Crippen molar-refractivity contribution in [2.75, 3.05) is 13.7 Å². The van der Waals surface area contributed by atoms with E-state index in [0.29, 0.717) is 6.10 Å². The van der Waals surface area contributed by atoms with Crippen LogP contribution in [0, 0.1) is 0 Å². The third kappa shape index (κ3) is 2.39. The highest BCUT2D eigenvalue weighted by molar-refractivity contribution is 5.46. The van der Waals surface area contributed by atoms with E-state index in [1.165, 1.54) is 24.8 Å². The maximum Gasteiger partial charge on any atom is 0.161 e. The van der Waals surface area contributed by atoms with Crippen LogP contribution in [0.15, 0.2) is 18.2 Å². The van der Waals surface area contributed by atoms with Gasteiger partial charge in [0.05, 0.1) is 19.8 Å². The van der Waals surface area contributed by atoms with Gasteiger partial charge in [-0.1, -0.05) is 12.5 Å². The molecule has 0 spiro atoms. The van der Waals surface area contributed by atoms with Crippen LogP contribution in [0.25, 0.3) is 0 Å². The van der Waals surface area contributed by atoms with Crippen molar-refractivity contribution in [2.24, 2.45) is 0 Å². The Morgan fingerprint density at radius 2 is 1.90 bits per heavy atom. The molecule has 0 saturated heterocycles. The van der Waals surface area contributed by atoms with Crippen LogP contribution < -0.4 is 9.47 Å². The number of benzene rings is 1. The first kappa shape index (κ1) is 13.7. The minimum absolute atomic E-state index is 0.0416. The summed E-state index contributed by atoms with van der Waals surface area (Å²) in [7, 11) is 1.68. The van der Waals surface area contributed by atoms with Crippen LogP contribution in [-0.4, -0.2) is 24.9 Å². The number of aliphatic hydroxyl groups is 1. The number of hydrogen-bond donors (Lipinski definition) is 1. The maximum absolute atomic E-state index is 9.72. The summed E-state index contributed by atoms with van der Waals surface area (Å²) in [5.74, 6) is 1.64. The number of methoxy groups -OCH3 is 1. The molecule has 0 heterocycles. The first-order valence-electron chi connectivity index (χ1n) is 7.73. The standard InChI is InChI=1S/C17H24O3/c1-19-15-8-7-13(17(12-18)9-4-10-17)11-16(15)20-14-5-2-3-6-14/h7-8,11,14,18H,2-6,9-10,12H2,1H3. The molecule has 0 bridgehead atoms. The zero-order chi connectivity index (χ0) is 14.0. The van der Waals surface area contributed by atoms with E-state index in [0.717, 1.165) is 37.2 Å². The molecule has 0 amide bonds. The van der Waals surface area contributed by atoms with E-state index in [9.17, 15) is 5.11 Å². The van der Waals surface area contributed by atoms with Gasteiger partial charge in [0.2, 0.25) is 0 Å². The van der Waals surface area contributed by atoms with Gasteiger partial charge in [-0.25, -0.2) is 0 Å². The van der Waals surface area contributed by atoms with Gasteiger partial charge in [0.1, 0.15) is 0 Å². The molecule has 2 fully saturated rings. The van der Waals surface area contributed by atoms with Gasteiger partial charge in [0.25, 0.3) is 0 Å². The van der Waals surface area contributed by atoms with Crippen LogP contribution in [0.5, 0.6) is 11.5 Å².